The molecule has 0 aliphatic rings. The van der Waals surface area contributed by atoms with Gasteiger partial charge in [-0.2, -0.15) is 0 Å². The maximum absolute atomic E-state index is 9.60. The lowest BCUT2D eigenvalue weighted by Crippen LogP contribution is -2.25. The van der Waals surface area contributed by atoms with Crippen molar-refractivity contribution in [1.82, 2.24) is 0 Å². The van der Waals surface area contributed by atoms with Crippen molar-refractivity contribution in [2.24, 2.45) is 0 Å². The molecular weight excluding hydrogens is 224 g/mol. The first kappa shape index (κ1) is 15.0. The zero-order valence-electron chi connectivity index (χ0n) is 12.7. The van der Waals surface area contributed by atoms with Crippen molar-refractivity contribution in [2.45, 2.75) is 52.4 Å². The van der Waals surface area contributed by atoms with Crippen molar-refractivity contribution >= 4 is 0 Å². The van der Waals surface area contributed by atoms with Crippen LogP contribution < -0.4 is 4.74 Å². The van der Waals surface area contributed by atoms with Gasteiger partial charge in [0, 0.05) is 16.5 Å². The molecule has 2 nitrogen and oxygen atoms in total. The fraction of sp³-hybridized carbons (Fsp3) is 0.625. The molecule has 0 unspecified atom stereocenters. The summed E-state index contributed by atoms with van der Waals surface area (Å²) in [6, 6.07) is 4.29. The van der Waals surface area contributed by atoms with Gasteiger partial charge in [0.1, 0.15) is 5.75 Å². The van der Waals surface area contributed by atoms with E-state index in [0.29, 0.717) is 0 Å². The molecule has 0 bridgehead atoms. The van der Waals surface area contributed by atoms with Crippen LogP contribution >= 0.6 is 0 Å². The third-order valence-corrected chi connectivity index (χ3v) is 3.37. The van der Waals surface area contributed by atoms with Crippen LogP contribution in [0.2, 0.25) is 0 Å². The Bertz CT molecular complexity index is 425. The average molecular weight is 250 g/mol. The first-order valence-electron chi connectivity index (χ1n) is 6.44. The lowest BCUT2D eigenvalue weighted by Gasteiger charge is -2.30. The van der Waals surface area contributed by atoms with Crippen LogP contribution in [0, 0.1) is 6.92 Å². The molecule has 0 saturated heterocycles. The maximum Gasteiger partial charge on any atom is 0.126 e. The van der Waals surface area contributed by atoms with Crippen molar-refractivity contribution < 1.29 is 9.84 Å². The van der Waals surface area contributed by atoms with E-state index in [0.717, 1.165) is 11.3 Å². The Morgan fingerprint density at radius 2 is 1.56 bits per heavy atom. The normalized spacial score (nSPS) is 12.7. The Hall–Kier alpha value is -1.02. The summed E-state index contributed by atoms with van der Waals surface area (Å²) in [6.07, 6.45) is 0. The van der Waals surface area contributed by atoms with Crippen molar-refractivity contribution in [3.63, 3.8) is 0 Å². The minimum atomic E-state index is -0.294. The second-order valence-corrected chi connectivity index (χ2v) is 6.69. The number of ether oxygens (including phenoxy) is 1. The topological polar surface area (TPSA) is 29.5 Å². The Labute approximate surface area is 111 Å². The van der Waals surface area contributed by atoms with Crippen LogP contribution in [0.25, 0.3) is 0 Å². The molecule has 0 radical (unpaired) electrons. The number of methoxy groups -OCH3 is 1. The third-order valence-electron chi connectivity index (χ3n) is 3.37. The molecule has 102 valence electrons. The Balaban J connectivity index is 3.58. The zero-order valence-corrected chi connectivity index (χ0v) is 12.7. The molecule has 18 heavy (non-hydrogen) atoms. The molecule has 1 N–H and O–H groups in total. The van der Waals surface area contributed by atoms with E-state index >= 15 is 0 Å². The van der Waals surface area contributed by atoms with Crippen molar-refractivity contribution in [2.75, 3.05) is 13.7 Å². The molecule has 0 spiro atoms. The number of hydrogen-bond donors (Lipinski definition) is 1. The summed E-state index contributed by atoms with van der Waals surface area (Å²) in [5, 5.41) is 9.60. The summed E-state index contributed by atoms with van der Waals surface area (Å²) in [5.41, 5.74) is 3.21. The van der Waals surface area contributed by atoms with Gasteiger partial charge in [-0.1, -0.05) is 52.3 Å². The van der Waals surface area contributed by atoms with Gasteiger partial charge in [0.05, 0.1) is 13.7 Å². The Kier molecular flexibility index (Phi) is 4.12. The Morgan fingerprint density at radius 3 is 1.94 bits per heavy atom. The molecule has 1 aromatic carbocycles. The van der Waals surface area contributed by atoms with E-state index in [1.165, 1.54) is 11.1 Å². The van der Waals surface area contributed by atoms with Gasteiger partial charge in [-0.15, -0.1) is 0 Å². The lowest BCUT2D eigenvalue weighted by molar-refractivity contribution is 0.214. The maximum atomic E-state index is 9.60. The smallest absolute Gasteiger partial charge is 0.126 e. The number of rotatable bonds is 3. The number of aryl methyl sites for hydroxylation is 1. The fourth-order valence-corrected chi connectivity index (χ4v) is 2.14. The Morgan fingerprint density at radius 1 is 1.06 bits per heavy atom. The summed E-state index contributed by atoms with van der Waals surface area (Å²) < 4.78 is 5.64. The molecule has 0 aliphatic carbocycles. The van der Waals surface area contributed by atoms with E-state index in [1.54, 1.807) is 7.11 Å². The third kappa shape index (κ3) is 2.86. The molecule has 0 fully saturated rings. The van der Waals surface area contributed by atoms with Crippen molar-refractivity contribution in [3.05, 3.63) is 28.8 Å². The van der Waals surface area contributed by atoms with Crippen LogP contribution in [0.1, 0.15) is 51.3 Å². The van der Waals surface area contributed by atoms with E-state index in [1.807, 2.05) is 13.8 Å². The van der Waals surface area contributed by atoms with Gasteiger partial charge in [-0.3, -0.25) is 0 Å². The summed E-state index contributed by atoms with van der Waals surface area (Å²) in [5.74, 6) is 0.909. The second-order valence-electron chi connectivity index (χ2n) is 6.69. The summed E-state index contributed by atoms with van der Waals surface area (Å²) in [6.45, 7) is 12.8. The zero-order chi connectivity index (χ0) is 14.1. The highest BCUT2D eigenvalue weighted by Gasteiger charge is 2.29. The quantitative estimate of drug-likeness (QED) is 0.888. The van der Waals surface area contributed by atoms with Crippen LogP contribution in [0.3, 0.4) is 0 Å². The predicted molar refractivity (Wildman–Crippen MR) is 76.5 cm³/mol. The molecule has 1 aromatic rings. The van der Waals surface area contributed by atoms with Crippen molar-refractivity contribution in [3.8, 4) is 5.75 Å². The average Bonchev–Trinajstić information content (AvgIpc) is 2.26. The van der Waals surface area contributed by atoms with E-state index < -0.39 is 0 Å². The first-order chi connectivity index (χ1) is 8.13. The van der Waals surface area contributed by atoms with E-state index in [4.69, 9.17) is 4.74 Å². The van der Waals surface area contributed by atoms with E-state index in [2.05, 4.69) is 39.8 Å². The van der Waals surface area contributed by atoms with Crippen LogP contribution in [-0.4, -0.2) is 18.8 Å². The molecule has 0 amide bonds. The van der Waals surface area contributed by atoms with Gasteiger partial charge in [0.2, 0.25) is 0 Å². The molecule has 0 atom stereocenters. The molecule has 0 aromatic heterocycles. The number of aliphatic hydroxyl groups excluding tert-OH is 1. The number of benzene rings is 1. The predicted octanol–water partition coefficient (Wildman–Crippen LogP) is 3.57. The van der Waals surface area contributed by atoms with Gasteiger partial charge < -0.3 is 9.84 Å². The van der Waals surface area contributed by atoms with Crippen LogP contribution in [-0.2, 0) is 10.8 Å². The lowest BCUT2D eigenvalue weighted by atomic mass is 9.78. The van der Waals surface area contributed by atoms with Gasteiger partial charge in [0.25, 0.3) is 0 Å². The van der Waals surface area contributed by atoms with E-state index in [9.17, 15) is 5.11 Å². The molecule has 1 rings (SSSR count). The van der Waals surface area contributed by atoms with Crippen LogP contribution in [0.4, 0.5) is 0 Å². The minimum Gasteiger partial charge on any atom is -0.496 e. The summed E-state index contributed by atoms with van der Waals surface area (Å²) >= 11 is 0. The molecule has 0 heterocycles. The highest BCUT2D eigenvalue weighted by molar-refractivity contribution is 5.50. The van der Waals surface area contributed by atoms with Crippen LogP contribution in [0.15, 0.2) is 12.1 Å². The second kappa shape index (κ2) is 4.93. The molecule has 2 heteroatoms. The van der Waals surface area contributed by atoms with Gasteiger partial charge in [-0.05, 0) is 12.3 Å². The summed E-state index contributed by atoms with van der Waals surface area (Å²) in [7, 11) is 1.71. The SMILES string of the molecule is COc1c(C(C)(C)C)cc(C)cc1C(C)(C)CO. The standard InChI is InChI=1S/C16H26O2/c1-11-8-12(15(2,3)4)14(18-7)13(9-11)16(5,6)10-17/h8-9,17H,10H2,1-7H3. The summed E-state index contributed by atoms with van der Waals surface area (Å²) in [4.78, 5) is 0. The van der Waals surface area contributed by atoms with Crippen LogP contribution in [0.5, 0.6) is 5.75 Å². The molecule has 0 saturated carbocycles. The molecule has 0 aliphatic heterocycles. The molecular formula is C16H26O2. The largest absolute Gasteiger partial charge is 0.496 e. The van der Waals surface area contributed by atoms with Gasteiger partial charge in [-0.25, -0.2) is 0 Å². The fourth-order valence-electron chi connectivity index (χ4n) is 2.14. The van der Waals surface area contributed by atoms with Gasteiger partial charge in [0.15, 0.2) is 0 Å². The minimum absolute atomic E-state index is 0.0254. The van der Waals surface area contributed by atoms with E-state index in [-0.39, 0.29) is 17.4 Å². The monoisotopic (exact) mass is 250 g/mol. The highest BCUT2D eigenvalue weighted by atomic mass is 16.5. The highest BCUT2D eigenvalue weighted by Crippen LogP contribution is 2.40. The first-order valence-corrected chi connectivity index (χ1v) is 6.44. The van der Waals surface area contributed by atoms with Gasteiger partial charge >= 0.3 is 0 Å². The van der Waals surface area contributed by atoms with Crippen molar-refractivity contribution in [1.29, 1.82) is 0 Å². The number of hydrogen-bond acceptors (Lipinski definition) is 2. The number of aliphatic hydroxyl groups is 1.